The van der Waals surface area contributed by atoms with Gasteiger partial charge < -0.3 is 4.74 Å². The first-order chi connectivity index (χ1) is 15.1. The normalized spacial score (nSPS) is 18.4. The number of hydrogen-bond donors (Lipinski definition) is 0. The SMILES string of the molecule is CCCCCC[C@@H]1CCc2c(ccc3c(F)cccc23)[C@H]1c1ccc(OC(F)F)cc1. The average molecular weight is 427 g/mol. The average Bonchev–Trinajstić information content (AvgIpc) is 2.77. The number of aryl methyl sites for hydroxylation is 1. The van der Waals surface area contributed by atoms with Crippen LogP contribution in [0.4, 0.5) is 13.2 Å². The van der Waals surface area contributed by atoms with Gasteiger partial charge in [0, 0.05) is 11.3 Å². The third-order valence-electron chi connectivity index (χ3n) is 6.62. The van der Waals surface area contributed by atoms with Crippen molar-refractivity contribution in [3.05, 3.63) is 77.1 Å². The highest BCUT2D eigenvalue weighted by atomic mass is 19.3. The quantitative estimate of drug-likeness (QED) is 0.330. The van der Waals surface area contributed by atoms with E-state index < -0.39 is 6.61 Å². The lowest BCUT2D eigenvalue weighted by Gasteiger charge is -2.35. The maximum Gasteiger partial charge on any atom is 0.387 e. The fourth-order valence-electron chi connectivity index (χ4n) is 5.17. The van der Waals surface area contributed by atoms with E-state index in [4.69, 9.17) is 0 Å². The molecule has 4 rings (SSSR count). The monoisotopic (exact) mass is 426 g/mol. The Labute approximate surface area is 182 Å². The van der Waals surface area contributed by atoms with E-state index in [1.807, 2.05) is 24.3 Å². The van der Waals surface area contributed by atoms with Gasteiger partial charge in [0.2, 0.25) is 0 Å². The summed E-state index contributed by atoms with van der Waals surface area (Å²) in [6.07, 6.45) is 8.01. The molecule has 0 saturated heterocycles. The lowest BCUT2D eigenvalue weighted by Crippen LogP contribution is -2.22. The topological polar surface area (TPSA) is 9.23 Å². The first-order valence-electron chi connectivity index (χ1n) is 11.3. The van der Waals surface area contributed by atoms with E-state index in [-0.39, 0.29) is 17.5 Å². The number of fused-ring (bicyclic) bond motifs is 3. The van der Waals surface area contributed by atoms with Gasteiger partial charge in [0.05, 0.1) is 0 Å². The molecule has 164 valence electrons. The van der Waals surface area contributed by atoms with Crippen LogP contribution in [0.25, 0.3) is 10.8 Å². The zero-order chi connectivity index (χ0) is 21.8. The van der Waals surface area contributed by atoms with E-state index in [2.05, 4.69) is 17.7 Å². The van der Waals surface area contributed by atoms with E-state index in [1.54, 1.807) is 18.2 Å². The van der Waals surface area contributed by atoms with Crippen molar-refractivity contribution < 1.29 is 17.9 Å². The van der Waals surface area contributed by atoms with Gasteiger partial charge in [-0.3, -0.25) is 0 Å². The Morgan fingerprint density at radius 3 is 2.48 bits per heavy atom. The molecule has 4 heteroatoms. The molecular weight excluding hydrogens is 397 g/mol. The lowest BCUT2D eigenvalue weighted by molar-refractivity contribution is -0.0498. The third-order valence-corrected chi connectivity index (χ3v) is 6.62. The number of ether oxygens (including phenoxy) is 1. The van der Waals surface area contributed by atoms with Gasteiger partial charge in [-0.25, -0.2) is 4.39 Å². The largest absolute Gasteiger partial charge is 0.435 e. The van der Waals surface area contributed by atoms with Gasteiger partial charge in [0.1, 0.15) is 11.6 Å². The molecule has 3 aromatic rings. The van der Waals surface area contributed by atoms with E-state index in [1.165, 1.54) is 42.9 Å². The maximum atomic E-state index is 14.4. The molecule has 0 fully saturated rings. The highest BCUT2D eigenvalue weighted by Crippen LogP contribution is 2.45. The molecule has 0 aliphatic heterocycles. The minimum atomic E-state index is -2.83. The van der Waals surface area contributed by atoms with Crippen LogP contribution in [-0.2, 0) is 6.42 Å². The Hall–Kier alpha value is -2.49. The molecule has 1 aliphatic rings. The minimum Gasteiger partial charge on any atom is -0.435 e. The fraction of sp³-hybridized carbons (Fsp3) is 0.407. The molecule has 0 heterocycles. The van der Waals surface area contributed by atoms with E-state index in [0.717, 1.165) is 30.2 Å². The van der Waals surface area contributed by atoms with E-state index >= 15 is 0 Å². The number of rotatable bonds is 8. The second-order valence-electron chi connectivity index (χ2n) is 8.54. The Morgan fingerprint density at radius 1 is 0.935 bits per heavy atom. The molecule has 0 unspecified atom stereocenters. The summed E-state index contributed by atoms with van der Waals surface area (Å²) in [6.45, 7) is -0.610. The fourth-order valence-corrected chi connectivity index (χ4v) is 5.17. The number of benzene rings is 3. The van der Waals surface area contributed by atoms with Crippen LogP contribution >= 0.6 is 0 Å². The highest BCUT2D eigenvalue weighted by Gasteiger charge is 2.31. The molecule has 2 atom stereocenters. The van der Waals surface area contributed by atoms with Crippen molar-refractivity contribution in [2.75, 3.05) is 0 Å². The van der Waals surface area contributed by atoms with Crippen molar-refractivity contribution in [1.82, 2.24) is 0 Å². The van der Waals surface area contributed by atoms with Crippen molar-refractivity contribution in [3.63, 3.8) is 0 Å². The molecule has 0 spiro atoms. The smallest absolute Gasteiger partial charge is 0.387 e. The molecule has 0 saturated carbocycles. The van der Waals surface area contributed by atoms with Crippen LogP contribution in [0.3, 0.4) is 0 Å². The maximum absolute atomic E-state index is 14.4. The number of hydrogen-bond acceptors (Lipinski definition) is 1. The van der Waals surface area contributed by atoms with Gasteiger partial charge in [-0.15, -0.1) is 0 Å². The van der Waals surface area contributed by atoms with Crippen LogP contribution in [0.15, 0.2) is 54.6 Å². The van der Waals surface area contributed by atoms with Crippen LogP contribution in [-0.4, -0.2) is 6.61 Å². The van der Waals surface area contributed by atoms with Gasteiger partial charge in [-0.05, 0) is 65.5 Å². The van der Waals surface area contributed by atoms with Crippen LogP contribution in [0.5, 0.6) is 5.75 Å². The molecule has 0 amide bonds. The molecule has 0 bridgehead atoms. The van der Waals surface area contributed by atoms with Gasteiger partial charge in [0.15, 0.2) is 0 Å². The van der Waals surface area contributed by atoms with Gasteiger partial charge in [-0.2, -0.15) is 8.78 Å². The molecule has 31 heavy (non-hydrogen) atoms. The summed E-state index contributed by atoms with van der Waals surface area (Å²) < 4.78 is 44.0. The summed E-state index contributed by atoms with van der Waals surface area (Å²) in [5.41, 5.74) is 3.57. The van der Waals surface area contributed by atoms with Crippen LogP contribution in [0, 0.1) is 11.7 Å². The van der Waals surface area contributed by atoms with Crippen molar-refractivity contribution in [2.24, 2.45) is 5.92 Å². The molecular formula is C27H29F3O. The van der Waals surface area contributed by atoms with Crippen molar-refractivity contribution in [3.8, 4) is 5.75 Å². The van der Waals surface area contributed by atoms with Crippen molar-refractivity contribution >= 4 is 10.8 Å². The van der Waals surface area contributed by atoms with Crippen LogP contribution in [0.1, 0.15) is 68.1 Å². The minimum absolute atomic E-state index is 0.176. The molecule has 1 nitrogen and oxygen atoms in total. The third kappa shape index (κ3) is 4.73. The molecule has 3 aromatic carbocycles. The van der Waals surface area contributed by atoms with E-state index in [9.17, 15) is 13.2 Å². The standard InChI is InChI=1S/C27H29F3O/c1-2-3-4-5-7-18-12-15-22-21-8-6-9-25(28)23(21)16-17-24(22)26(18)19-10-13-20(14-11-19)31-27(29)30/h6,8-11,13-14,16-18,26-27H,2-5,7,12,15H2,1H3/t18-,26-/m1/s1. The summed E-state index contributed by atoms with van der Waals surface area (Å²) in [6, 6.07) is 16.3. The van der Waals surface area contributed by atoms with Crippen molar-refractivity contribution in [1.29, 1.82) is 0 Å². The van der Waals surface area contributed by atoms with Gasteiger partial charge >= 0.3 is 6.61 Å². The molecule has 0 aromatic heterocycles. The number of alkyl halides is 2. The molecule has 0 radical (unpaired) electrons. The van der Waals surface area contributed by atoms with Gasteiger partial charge in [-0.1, -0.05) is 69.0 Å². The lowest BCUT2D eigenvalue weighted by atomic mass is 9.69. The van der Waals surface area contributed by atoms with Gasteiger partial charge in [0.25, 0.3) is 0 Å². The Bertz CT molecular complexity index is 1010. The Balaban J connectivity index is 1.71. The summed E-state index contributed by atoms with van der Waals surface area (Å²) in [4.78, 5) is 0. The Morgan fingerprint density at radius 2 is 1.74 bits per heavy atom. The van der Waals surface area contributed by atoms with E-state index in [0.29, 0.717) is 11.3 Å². The second-order valence-corrected chi connectivity index (χ2v) is 8.54. The van der Waals surface area contributed by atoms with Crippen LogP contribution in [0.2, 0.25) is 0 Å². The van der Waals surface area contributed by atoms with Crippen LogP contribution < -0.4 is 4.74 Å². The number of halogens is 3. The highest BCUT2D eigenvalue weighted by molar-refractivity contribution is 5.88. The predicted octanol–water partition coefficient (Wildman–Crippen LogP) is 8.25. The first kappa shape index (κ1) is 21.7. The summed E-state index contributed by atoms with van der Waals surface area (Å²) in [7, 11) is 0. The summed E-state index contributed by atoms with van der Waals surface area (Å²) >= 11 is 0. The van der Waals surface area contributed by atoms with Crippen molar-refractivity contribution in [2.45, 2.75) is 64.4 Å². The molecule has 1 aliphatic carbocycles. The number of unbranched alkanes of at least 4 members (excludes halogenated alkanes) is 3. The first-order valence-corrected chi connectivity index (χ1v) is 11.3. The zero-order valence-electron chi connectivity index (χ0n) is 17.9. The summed E-state index contributed by atoms with van der Waals surface area (Å²) in [5, 5.41) is 1.66. The second kappa shape index (κ2) is 9.76. The Kier molecular flexibility index (Phi) is 6.84. The predicted molar refractivity (Wildman–Crippen MR) is 119 cm³/mol. The summed E-state index contributed by atoms with van der Waals surface area (Å²) in [5.74, 6) is 0.651. The molecule has 0 N–H and O–H groups in total. The zero-order valence-corrected chi connectivity index (χ0v) is 17.9.